The predicted octanol–water partition coefficient (Wildman–Crippen LogP) is 19.1. The molecule has 3 aliphatic rings. The van der Waals surface area contributed by atoms with Gasteiger partial charge in [0.1, 0.15) is 18.8 Å². The van der Waals surface area contributed by atoms with E-state index in [-0.39, 0.29) is 28.4 Å². The normalized spacial score (nSPS) is 17.7. The van der Waals surface area contributed by atoms with Gasteiger partial charge in [0.15, 0.2) is 12.3 Å². The summed E-state index contributed by atoms with van der Waals surface area (Å²) in [5, 5.41) is 15.6. The Kier molecular flexibility index (Phi) is 22.4. The van der Waals surface area contributed by atoms with Crippen molar-refractivity contribution >= 4 is 62.4 Å². The van der Waals surface area contributed by atoms with Crippen LogP contribution in [0.3, 0.4) is 0 Å². The third kappa shape index (κ3) is 16.7. The molecule has 5 aromatic rings. The quantitative estimate of drug-likeness (QED) is 0.0429. The molecule has 5 aromatic carbocycles. The summed E-state index contributed by atoms with van der Waals surface area (Å²) in [6, 6.07) is 34.7. The van der Waals surface area contributed by atoms with Crippen molar-refractivity contribution < 1.29 is 28.4 Å². The first-order chi connectivity index (χ1) is 42.1. The lowest BCUT2D eigenvalue weighted by molar-refractivity contribution is -0.441. The largest absolute Gasteiger partial charge is 0.448 e. The molecule has 0 fully saturated rings. The van der Waals surface area contributed by atoms with E-state index < -0.39 is 17.8 Å². The molecule has 0 saturated heterocycles. The monoisotopic (exact) mass is 1230 g/mol. The minimum absolute atomic E-state index is 0.0463. The number of halogens is 1. The molecule has 0 bridgehead atoms. The standard InChI is InChI=1S/C78H106ClN5O5/c1-17-23-54(2)52-74(6,7)44-47-82-77(12,13)60-34-36-61(37-35-60)78(14,15)89-72(86)81-46-43-73(4,5)53-55(3)42-45-80-71(85)88-51-49-84-65-39-31-57-25-19-21-29-63(57)69(65)76(10,11)67(84)41-33-59-27-22-26-58(70(59)79)32-40-66-75(8,9)68-62-28-20-18-24-56(62)30-38-64(68)83(66)48-50-87-16/h18-21,24-25,28-41,54-55,82H,17,22-23,26-27,42-53H2,1-16H3,(H-,80,81,85,86)/p+1. The molecule has 0 aromatic heterocycles. The van der Waals surface area contributed by atoms with Crippen LogP contribution < -0.4 is 20.9 Å². The average Bonchev–Trinajstić information content (AvgIpc) is 1.60. The molecule has 11 heteroatoms. The number of fused-ring (bicyclic) bond motifs is 6. The van der Waals surface area contributed by atoms with Crippen LogP contribution in [-0.2, 0) is 36.2 Å². The molecule has 10 nitrogen and oxygen atoms in total. The van der Waals surface area contributed by atoms with Crippen LogP contribution >= 0.6 is 11.6 Å². The van der Waals surface area contributed by atoms with Crippen LogP contribution in [0.1, 0.15) is 190 Å². The Morgan fingerprint density at radius 2 is 1.29 bits per heavy atom. The highest BCUT2D eigenvalue weighted by molar-refractivity contribution is 6.32. The van der Waals surface area contributed by atoms with Gasteiger partial charge in [0.2, 0.25) is 5.69 Å². The number of benzene rings is 5. The Hall–Kier alpha value is -6.20. The minimum Gasteiger partial charge on any atom is -0.448 e. The number of nitrogens with one attached hydrogen (secondary N) is 3. The van der Waals surface area contributed by atoms with Gasteiger partial charge in [0.25, 0.3) is 0 Å². The Labute approximate surface area is 540 Å². The van der Waals surface area contributed by atoms with Crippen molar-refractivity contribution in [3.05, 3.63) is 165 Å². The van der Waals surface area contributed by atoms with Crippen LogP contribution in [0.2, 0.25) is 0 Å². The van der Waals surface area contributed by atoms with Gasteiger partial charge in [-0.2, -0.15) is 4.58 Å². The molecule has 0 saturated carbocycles. The fraction of sp³-hybridized carbons (Fsp3) is 0.526. The van der Waals surface area contributed by atoms with Crippen molar-refractivity contribution in [2.75, 3.05) is 57.9 Å². The first-order valence-electron chi connectivity index (χ1n) is 33.3. The molecular formula is C78H107ClN5O5+. The number of amides is 2. The fourth-order valence-corrected chi connectivity index (χ4v) is 15.0. The third-order valence-corrected chi connectivity index (χ3v) is 20.0. The first kappa shape index (κ1) is 68.7. The molecule has 2 unspecified atom stereocenters. The number of hydrogen-bond donors (Lipinski definition) is 3. The summed E-state index contributed by atoms with van der Waals surface area (Å²) in [6.45, 7) is 37.8. The van der Waals surface area contributed by atoms with Crippen LogP contribution in [0, 0.1) is 22.7 Å². The van der Waals surface area contributed by atoms with Crippen LogP contribution in [0.15, 0.2) is 143 Å². The zero-order valence-electron chi connectivity index (χ0n) is 57.0. The summed E-state index contributed by atoms with van der Waals surface area (Å²) in [5.41, 5.74) is 10.4. The number of ether oxygens (including phenoxy) is 3. The zero-order valence-corrected chi connectivity index (χ0v) is 57.8. The van der Waals surface area contributed by atoms with Crippen LogP contribution in [-0.4, -0.2) is 75.5 Å². The molecule has 0 spiro atoms. The van der Waals surface area contributed by atoms with Crippen molar-refractivity contribution in [2.24, 2.45) is 22.7 Å². The van der Waals surface area contributed by atoms with Gasteiger partial charge in [-0.25, -0.2) is 9.59 Å². The van der Waals surface area contributed by atoms with Crippen LogP contribution in [0.25, 0.3) is 21.5 Å². The SMILES string of the molecule is CCCC(C)CC(C)(C)CCNC(C)(C)c1ccc(C(C)(C)OC(=O)NCCC(C)(C)CC(C)CCNC(=O)OCCN2C(=CC=C3CCCC(C=CC4=[N+](CCOC)c5ccc6ccccc6c5C4(C)C)=C3Cl)C(C)(C)c3c2ccc2ccccc32)cc1. The first-order valence-corrected chi connectivity index (χ1v) is 33.6. The van der Waals surface area contributed by atoms with Crippen molar-refractivity contribution in [2.45, 2.75) is 190 Å². The Bertz CT molecular complexity index is 3470. The Balaban J connectivity index is 0.830. The van der Waals surface area contributed by atoms with Crippen LogP contribution in [0.5, 0.6) is 0 Å². The van der Waals surface area contributed by atoms with E-state index in [0.29, 0.717) is 37.6 Å². The minimum atomic E-state index is -0.805. The summed E-state index contributed by atoms with van der Waals surface area (Å²) in [6.07, 6.45) is 18.4. The van der Waals surface area contributed by atoms with Gasteiger partial charge in [0, 0.05) is 65.3 Å². The highest BCUT2D eigenvalue weighted by Gasteiger charge is 2.46. The van der Waals surface area contributed by atoms with Gasteiger partial charge in [-0.1, -0.05) is 178 Å². The van der Waals surface area contributed by atoms with Crippen LogP contribution in [0.4, 0.5) is 21.0 Å². The molecule has 2 atom stereocenters. The lowest BCUT2D eigenvalue weighted by Crippen LogP contribution is -2.39. The highest BCUT2D eigenvalue weighted by Crippen LogP contribution is 2.51. The second-order valence-corrected chi connectivity index (χ2v) is 30.0. The summed E-state index contributed by atoms with van der Waals surface area (Å²) < 4.78 is 20.0. The topological polar surface area (TPSA) is 104 Å². The van der Waals surface area contributed by atoms with E-state index in [1.807, 2.05) is 13.8 Å². The van der Waals surface area contributed by atoms with Gasteiger partial charge in [-0.05, 0) is 190 Å². The van der Waals surface area contributed by atoms with Gasteiger partial charge < -0.3 is 35.1 Å². The summed E-state index contributed by atoms with van der Waals surface area (Å²) in [7, 11) is 1.77. The molecule has 480 valence electrons. The van der Waals surface area contributed by atoms with Crippen molar-refractivity contribution in [3.63, 3.8) is 0 Å². The molecule has 1 aliphatic carbocycles. The number of anilines is 1. The second kappa shape index (κ2) is 29.0. The lowest BCUT2D eigenvalue weighted by atomic mass is 9.78. The lowest BCUT2D eigenvalue weighted by Gasteiger charge is -2.33. The highest BCUT2D eigenvalue weighted by atomic mass is 35.5. The smallest absolute Gasteiger partial charge is 0.408 e. The number of methoxy groups -OCH3 is 1. The maximum atomic E-state index is 13.3. The third-order valence-electron chi connectivity index (χ3n) is 19.5. The molecule has 3 N–H and O–H groups in total. The molecule has 0 radical (unpaired) electrons. The number of carbonyl (C=O) groups excluding carboxylic acids is 2. The number of allylic oxidation sites excluding steroid dienone is 8. The predicted molar refractivity (Wildman–Crippen MR) is 373 cm³/mol. The molecule has 8 rings (SSSR count). The Morgan fingerprint density at radius 1 is 0.685 bits per heavy atom. The molecule has 89 heavy (non-hydrogen) atoms. The van der Waals surface area contributed by atoms with E-state index in [2.05, 4.69) is 237 Å². The van der Waals surface area contributed by atoms with E-state index in [4.69, 9.17) is 25.8 Å². The number of alkyl carbamates (subject to hydrolysis) is 2. The van der Waals surface area contributed by atoms with E-state index in [0.717, 1.165) is 97.1 Å². The van der Waals surface area contributed by atoms with Gasteiger partial charge in [0.05, 0.1) is 12.0 Å². The van der Waals surface area contributed by atoms with Gasteiger partial charge in [-0.3, -0.25) is 0 Å². The van der Waals surface area contributed by atoms with E-state index in [1.165, 1.54) is 68.9 Å². The van der Waals surface area contributed by atoms with E-state index >= 15 is 0 Å². The maximum absolute atomic E-state index is 13.3. The van der Waals surface area contributed by atoms with Crippen molar-refractivity contribution in [1.82, 2.24) is 16.0 Å². The summed E-state index contributed by atoms with van der Waals surface area (Å²) in [4.78, 5) is 28.9. The Morgan fingerprint density at radius 3 is 1.96 bits per heavy atom. The van der Waals surface area contributed by atoms with Crippen molar-refractivity contribution in [1.29, 1.82) is 0 Å². The van der Waals surface area contributed by atoms with Gasteiger partial charge in [-0.15, -0.1) is 0 Å². The fourth-order valence-electron chi connectivity index (χ4n) is 14.7. The van der Waals surface area contributed by atoms with E-state index in [1.54, 1.807) is 7.11 Å². The number of nitrogens with zero attached hydrogens (tertiary/aromatic N) is 2. The number of hydrogen-bond acceptors (Lipinski definition) is 7. The van der Waals surface area contributed by atoms with Crippen molar-refractivity contribution in [3.8, 4) is 0 Å². The number of rotatable bonds is 28. The van der Waals surface area contributed by atoms with E-state index in [9.17, 15) is 9.59 Å². The molecular weight excluding hydrogens is 1120 g/mol. The molecule has 2 amide bonds. The second-order valence-electron chi connectivity index (χ2n) is 29.6. The summed E-state index contributed by atoms with van der Waals surface area (Å²) >= 11 is 7.46. The number of carbonyl (C=O) groups is 2. The average molecular weight is 1230 g/mol. The maximum Gasteiger partial charge on any atom is 0.408 e. The summed E-state index contributed by atoms with van der Waals surface area (Å²) in [5.74, 6) is 1.08. The molecule has 2 heterocycles. The zero-order chi connectivity index (χ0) is 64.5. The van der Waals surface area contributed by atoms with Gasteiger partial charge >= 0.3 is 12.2 Å². The molecule has 2 aliphatic heterocycles.